The highest BCUT2D eigenvalue weighted by Gasteiger charge is 2.49. The standard InChI is InChI=1S/C22H19BrN2O3/c1-22(18-9-5-7-14-6-3-4-8-17(14)18)20(26)25(21(27)24-22)13-15-12-16(23)10-11-19(15)28-2/h3-12H,13H2,1-2H3,(H,24,27). The zero-order chi connectivity index (χ0) is 19.9. The molecule has 0 saturated carbocycles. The van der Waals surface area contributed by atoms with Gasteiger partial charge in [0.25, 0.3) is 5.91 Å². The number of nitrogens with one attached hydrogen (secondary N) is 1. The van der Waals surface area contributed by atoms with Gasteiger partial charge in [0.15, 0.2) is 0 Å². The van der Waals surface area contributed by atoms with Gasteiger partial charge in [0.1, 0.15) is 11.3 Å². The van der Waals surface area contributed by atoms with Crippen LogP contribution in [0.25, 0.3) is 10.8 Å². The molecule has 3 aromatic carbocycles. The predicted molar refractivity (Wildman–Crippen MR) is 111 cm³/mol. The van der Waals surface area contributed by atoms with E-state index in [2.05, 4.69) is 21.2 Å². The number of ether oxygens (including phenoxy) is 1. The fourth-order valence-electron chi connectivity index (χ4n) is 3.73. The average molecular weight is 439 g/mol. The second-order valence-electron chi connectivity index (χ2n) is 6.93. The number of halogens is 1. The topological polar surface area (TPSA) is 58.6 Å². The molecule has 5 nitrogen and oxygen atoms in total. The number of nitrogens with zero attached hydrogens (tertiary/aromatic N) is 1. The Morgan fingerprint density at radius 3 is 2.61 bits per heavy atom. The van der Waals surface area contributed by atoms with Crippen molar-refractivity contribution in [2.45, 2.75) is 19.0 Å². The average Bonchev–Trinajstić information content (AvgIpc) is 2.91. The lowest BCUT2D eigenvalue weighted by atomic mass is 9.88. The van der Waals surface area contributed by atoms with E-state index in [0.29, 0.717) is 5.75 Å². The third-order valence-electron chi connectivity index (χ3n) is 5.17. The van der Waals surface area contributed by atoms with Crippen LogP contribution < -0.4 is 10.1 Å². The maximum absolute atomic E-state index is 13.4. The molecule has 1 aliphatic rings. The van der Waals surface area contributed by atoms with E-state index < -0.39 is 11.6 Å². The Bertz CT molecular complexity index is 1090. The van der Waals surface area contributed by atoms with Crippen LogP contribution in [-0.2, 0) is 16.9 Å². The Balaban J connectivity index is 1.74. The van der Waals surface area contributed by atoms with Crippen molar-refractivity contribution in [3.63, 3.8) is 0 Å². The van der Waals surface area contributed by atoms with Crippen LogP contribution >= 0.6 is 15.9 Å². The second kappa shape index (κ2) is 6.95. The molecule has 1 aliphatic heterocycles. The summed E-state index contributed by atoms with van der Waals surface area (Å²) in [4.78, 5) is 27.3. The molecule has 4 rings (SSSR count). The number of carbonyl (C=O) groups excluding carboxylic acids is 2. The molecule has 1 saturated heterocycles. The second-order valence-corrected chi connectivity index (χ2v) is 7.85. The summed E-state index contributed by atoms with van der Waals surface area (Å²) in [7, 11) is 1.57. The van der Waals surface area contributed by atoms with Crippen LogP contribution in [0.4, 0.5) is 4.79 Å². The highest BCUT2D eigenvalue weighted by Crippen LogP contribution is 2.35. The number of methoxy groups -OCH3 is 1. The summed E-state index contributed by atoms with van der Waals surface area (Å²) in [5.41, 5.74) is 0.409. The van der Waals surface area contributed by atoms with Crippen LogP contribution in [0.5, 0.6) is 5.75 Å². The van der Waals surface area contributed by atoms with Gasteiger partial charge in [0.05, 0.1) is 13.7 Å². The first-order valence-corrected chi connectivity index (χ1v) is 9.68. The molecule has 6 heteroatoms. The maximum Gasteiger partial charge on any atom is 0.325 e. The number of amides is 3. The lowest BCUT2D eigenvalue weighted by molar-refractivity contribution is -0.131. The molecule has 0 radical (unpaired) electrons. The van der Waals surface area contributed by atoms with Gasteiger partial charge in [-0.05, 0) is 41.5 Å². The minimum absolute atomic E-state index is 0.133. The third-order valence-corrected chi connectivity index (χ3v) is 5.67. The molecule has 1 unspecified atom stereocenters. The van der Waals surface area contributed by atoms with E-state index in [-0.39, 0.29) is 12.5 Å². The summed E-state index contributed by atoms with van der Waals surface area (Å²) >= 11 is 3.43. The SMILES string of the molecule is COc1ccc(Br)cc1CN1C(=O)NC(C)(c2cccc3ccccc23)C1=O. The maximum atomic E-state index is 13.4. The summed E-state index contributed by atoms with van der Waals surface area (Å²) in [5.74, 6) is 0.346. The van der Waals surface area contributed by atoms with Crippen molar-refractivity contribution in [2.75, 3.05) is 7.11 Å². The summed E-state index contributed by atoms with van der Waals surface area (Å²) in [6.07, 6.45) is 0. The van der Waals surface area contributed by atoms with Crippen LogP contribution in [0.1, 0.15) is 18.1 Å². The fourth-order valence-corrected chi connectivity index (χ4v) is 4.13. The van der Waals surface area contributed by atoms with Gasteiger partial charge < -0.3 is 10.1 Å². The minimum atomic E-state index is -1.13. The monoisotopic (exact) mass is 438 g/mol. The van der Waals surface area contributed by atoms with Crippen LogP contribution in [0.2, 0.25) is 0 Å². The van der Waals surface area contributed by atoms with Crippen molar-refractivity contribution < 1.29 is 14.3 Å². The Morgan fingerprint density at radius 2 is 1.82 bits per heavy atom. The number of hydrogen-bond donors (Lipinski definition) is 1. The van der Waals surface area contributed by atoms with Crippen molar-refractivity contribution in [1.82, 2.24) is 10.2 Å². The van der Waals surface area contributed by atoms with E-state index in [9.17, 15) is 9.59 Å². The van der Waals surface area contributed by atoms with Crippen molar-refractivity contribution in [2.24, 2.45) is 0 Å². The number of urea groups is 1. The molecular formula is C22H19BrN2O3. The van der Waals surface area contributed by atoms with E-state index in [1.807, 2.05) is 60.7 Å². The zero-order valence-corrected chi connectivity index (χ0v) is 17.1. The van der Waals surface area contributed by atoms with Gasteiger partial charge in [-0.15, -0.1) is 0 Å². The molecule has 1 heterocycles. The van der Waals surface area contributed by atoms with Gasteiger partial charge >= 0.3 is 6.03 Å². The van der Waals surface area contributed by atoms with Crippen molar-refractivity contribution in [3.05, 3.63) is 76.3 Å². The molecule has 3 amide bonds. The molecule has 0 aliphatic carbocycles. The molecule has 1 atom stereocenters. The summed E-state index contributed by atoms with van der Waals surface area (Å²) < 4.78 is 6.24. The Kier molecular flexibility index (Phi) is 4.59. The van der Waals surface area contributed by atoms with Gasteiger partial charge in [0, 0.05) is 10.0 Å². The van der Waals surface area contributed by atoms with Gasteiger partial charge in [0.2, 0.25) is 0 Å². The fraction of sp³-hybridized carbons (Fsp3) is 0.182. The number of carbonyl (C=O) groups is 2. The zero-order valence-electron chi connectivity index (χ0n) is 15.5. The molecule has 3 aromatic rings. The van der Waals surface area contributed by atoms with Crippen molar-refractivity contribution in [1.29, 1.82) is 0 Å². The first kappa shape index (κ1) is 18.5. The van der Waals surface area contributed by atoms with Gasteiger partial charge in [-0.2, -0.15) is 0 Å². The molecular weight excluding hydrogens is 420 g/mol. The third kappa shape index (κ3) is 2.94. The van der Waals surface area contributed by atoms with Crippen LogP contribution in [0.15, 0.2) is 65.1 Å². The number of imide groups is 1. The summed E-state index contributed by atoms with van der Waals surface area (Å²) in [6.45, 7) is 1.89. The highest BCUT2D eigenvalue weighted by molar-refractivity contribution is 9.10. The van der Waals surface area contributed by atoms with E-state index in [1.54, 1.807) is 14.0 Å². The van der Waals surface area contributed by atoms with Crippen molar-refractivity contribution >= 4 is 38.6 Å². The number of rotatable bonds is 4. The summed E-state index contributed by atoms with van der Waals surface area (Å²) in [6, 6.07) is 18.7. The van der Waals surface area contributed by atoms with Crippen molar-refractivity contribution in [3.8, 4) is 5.75 Å². The quantitative estimate of drug-likeness (QED) is 0.606. The first-order valence-electron chi connectivity index (χ1n) is 8.89. The number of fused-ring (bicyclic) bond motifs is 1. The Labute approximate surface area is 171 Å². The van der Waals surface area contributed by atoms with Crippen LogP contribution in [0, 0.1) is 0 Å². The molecule has 28 heavy (non-hydrogen) atoms. The normalized spacial score (nSPS) is 19.2. The van der Waals surface area contributed by atoms with E-state index in [4.69, 9.17) is 4.74 Å². The van der Waals surface area contributed by atoms with Crippen LogP contribution in [0.3, 0.4) is 0 Å². The predicted octanol–water partition coefficient (Wildman–Crippen LogP) is 4.58. The lowest BCUT2D eigenvalue weighted by Gasteiger charge is -2.24. The molecule has 0 bridgehead atoms. The number of hydrogen-bond acceptors (Lipinski definition) is 3. The molecule has 0 spiro atoms. The van der Waals surface area contributed by atoms with Gasteiger partial charge in [-0.1, -0.05) is 58.4 Å². The lowest BCUT2D eigenvalue weighted by Crippen LogP contribution is -2.41. The van der Waals surface area contributed by atoms with Gasteiger partial charge in [-0.25, -0.2) is 4.79 Å². The first-order chi connectivity index (χ1) is 13.4. The smallest absolute Gasteiger partial charge is 0.325 e. The minimum Gasteiger partial charge on any atom is -0.496 e. The highest BCUT2D eigenvalue weighted by atomic mass is 79.9. The number of benzene rings is 3. The Morgan fingerprint density at radius 1 is 1.07 bits per heavy atom. The molecule has 142 valence electrons. The molecule has 1 fully saturated rings. The van der Waals surface area contributed by atoms with E-state index in [1.165, 1.54) is 4.90 Å². The Hall–Kier alpha value is -2.86. The van der Waals surface area contributed by atoms with Gasteiger partial charge in [-0.3, -0.25) is 9.69 Å². The van der Waals surface area contributed by atoms with E-state index >= 15 is 0 Å². The largest absolute Gasteiger partial charge is 0.496 e. The van der Waals surface area contributed by atoms with Crippen LogP contribution in [-0.4, -0.2) is 23.9 Å². The molecule has 1 N–H and O–H groups in total. The molecule has 0 aromatic heterocycles. The van der Waals surface area contributed by atoms with E-state index in [0.717, 1.165) is 26.4 Å². The summed E-state index contributed by atoms with van der Waals surface area (Å²) in [5, 5.41) is 4.87.